The maximum Gasteiger partial charge on any atom is 0.333 e. The van der Waals surface area contributed by atoms with Crippen LogP contribution in [-0.4, -0.2) is 67.6 Å². The molecule has 238 valence electrons. The summed E-state index contributed by atoms with van der Waals surface area (Å²) >= 11 is 0. The Morgan fingerprint density at radius 2 is 1.81 bits per heavy atom. The van der Waals surface area contributed by atoms with Gasteiger partial charge in [0.15, 0.2) is 6.29 Å². The monoisotopic (exact) mass is 600 g/mol. The normalized spacial score (nSPS) is 49.0. The van der Waals surface area contributed by atoms with Crippen molar-refractivity contribution in [3.63, 3.8) is 0 Å². The molecule has 0 amide bonds. The molecule has 3 aliphatic carbocycles. The molecule has 6 rings (SSSR count). The first-order valence-electron chi connectivity index (χ1n) is 15.8. The molecule has 0 spiro atoms. The second-order valence-electron chi connectivity index (χ2n) is 14.5. The van der Waals surface area contributed by atoms with E-state index in [1.807, 2.05) is 19.3 Å². The Morgan fingerprint density at radius 1 is 1.07 bits per heavy atom. The van der Waals surface area contributed by atoms with Crippen LogP contribution in [0.4, 0.5) is 0 Å². The van der Waals surface area contributed by atoms with E-state index in [-0.39, 0.29) is 47.6 Å². The predicted molar refractivity (Wildman–Crippen MR) is 156 cm³/mol. The van der Waals surface area contributed by atoms with Gasteiger partial charge in [0.1, 0.15) is 12.2 Å². The molecule has 9 nitrogen and oxygen atoms in total. The zero-order valence-corrected chi connectivity index (χ0v) is 26.7. The smallest absolute Gasteiger partial charge is 0.333 e. The standard InChI is InChI=1S/C34H48O9/c1-9-17(2)31(37)43-25-14-24(41-19(4)35)32(5)16-40-28-29(32)33(25,6)23-13-26(38-8)42-22-12-21(20-10-11-39-15-20)18(3)27(22)34(23,7)30(28)36/h9-11,15,18,21-30,36H,12-14,16H2,1-8H3/t18-,21+,22+,23?,24+,25+,26+,27+,28-,29-,30+,32-,33-,34-/m0/s1. The number of rotatable bonds is 5. The lowest BCUT2D eigenvalue weighted by Gasteiger charge is -2.67. The van der Waals surface area contributed by atoms with Crippen LogP contribution in [-0.2, 0) is 33.3 Å². The molecule has 14 atom stereocenters. The lowest BCUT2D eigenvalue weighted by atomic mass is 9.38. The van der Waals surface area contributed by atoms with Crippen LogP contribution in [0.15, 0.2) is 34.7 Å². The second-order valence-corrected chi connectivity index (χ2v) is 14.5. The van der Waals surface area contributed by atoms with Crippen molar-refractivity contribution < 1.29 is 42.8 Å². The number of hydrogen-bond acceptors (Lipinski definition) is 9. The zero-order chi connectivity index (χ0) is 31.1. The highest BCUT2D eigenvalue weighted by molar-refractivity contribution is 5.87. The van der Waals surface area contributed by atoms with Gasteiger partial charge in [-0.05, 0) is 55.6 Å². The van der Waals surface area contributed by atoms with Crippen molar-refractivity contribution in [3.05, 3.63) is 35.8 Å². The third kappa shape index (κ3) is 4.32. The number of carbonyl (C=O) groups excluding carboxylic acids is 2. The summed E-state index contributed by atoms with van der Waals surface area (Å²) in [7, 11) is 1.67. The van der Waals surface area contributed by atoms with Crippen molar-refractivity contribution in [1.29, 1.82) is 0 Å². The van der Waals surface area contributed by atoms with Crippen LogP contribution in [0.25, 0.3) is 0 Å². The highest BCUT2D eigenvalue weighted by atomic mass is 16.7. The summed E-state index contributed by atoms with van der Waals surface area (Å²) in [5.41, 5.74) is -0.238. The van der Waals surface area contributed by atoms with Gasteiger partial charge in [0, 0.05) is 54.6 Å². The van der Waals surface area contributed by atoms with E-state index < -0.39 is 47.0 Å². The molecular weight excluding hydrogens is 552 g/mol. The van der Waals surface area contributed by atoms with Crippen LogP contribution in [0.5, 0.6) is 0 Å². The van der Waals surface area contributed by atoms with Crippen molar-refractivity contribution in [2.45, 2.75) is 110 Å². The van der Waals surface area contributed by atoms with E-state index in [2.05, 4.69) is 27.7 Å². The fourth-order valence-corrected chi connectivity index (χ4v) is 10.7. The van der Waals surface area contributed by atoms with Gasteiger partial charge in [0.2, 0.25) is 0 Å². The van der Waals surface area contributed by atoms with Gasteiger partial charge in [-0.25, -0.2) is 4.79 Å². The molecule has 43 heavy (non-hydrogen) atoms. The summed E-state index contributed by atoms with van der Waals surface area (Å²) < 4.78 is 37.2. The molecule has 0 bridgehead atoms. The van der Waals surface area contributed by atoms with Gasteiger partial charge in [0.05, 0.1) is 37.4 Å². The molecule has 1 N–H and O–H groups in total. The number of hydrogen-bond donors (Lipinski definition) is 1. The average molecular weight is 601 g/mol. The van der Waals surface area contributed by atoms with Gasteiger partial charge in [0.25, 0.3) is 0 Å². The van der Waals surface area contributed by atoms with Crippen molar-refractivity contribution >= 4 is 11.9 Å². The van der Waals surface area contributed by atoms with E-state index in [4.69, 9.17) is 28.1 Å². The zero-order valence-electron chi connectivity index (χ0n) is 26.7. The summed E-state index contributed by atoms with van der Waals surface area (Å²) in [5.74, 6) is -0.848. The first-order chi connectivity index (χ1) is 20.3. The van der Waals surface area contributed by atoms with Gasteiger partial charge in [-0.3, -0.25) is 4.79 Å². The third-order valence-electron chi connectivity index (χ3n) is 12.7. The molecule has 5 fully saturated rings. The predicted octanol–water partition coefficient (Wildman–Crippen LogP) is 5.02. The van der Waals surface area contributed by atoms with Crippen LogP contribution in [0.3, 0.4) is 0 Å². The molecule has 3 heterocycles. The van der Waals surface area contributed by atoms with Crippen molar-refractivity contribution in [3.8, 4) is 0 Å². The van der Waals surface area contributed by atoms with Crippen molar-refractivity contribution in [2.75, 3.05) is 13.7 Å². The highest BCUT2D eigenvalue weighted by Crippen LogP contribution is 2.73. The number of carbonyl (C=O) groups is 2. The van der Waals surface area contributed by atoms with Gasteiger partial charge < -0.3 is 33.2 Å². The van der Waals surface area contributed by atoms with Crippen molar-refractivity contribution in [2.24, 2.45) is 39.9 Å². The number of furan rings is 1. The van der Waals surface area contributed by atoms with E-state index in [0.717, 1.165) is 12.0 Å². The van der Waals surface area contributed by atoms with Gasteiger partial charge in [-0.15, -0.1) is 0 Å². The Labute approximate surface area is 254 Å². The summed E-state index contributed by atoms with van der Waals surface area (Å²) in [5, 5.41) is 12.6. The summed E-state index contributed by atoms with van der Waals surface area (Å²) in [6.45, 7) is 14.1. The molecule has 1 aromatic heterocycles. The van der Waals surface area contributed by atoms with Crippen molar-refractivity contribution in [1.82, 2.24) is 0 Å². The number of allylic oxidation sites excluding steroid dienone is 1. The lowest BCUT2D eigenvalue weighted by Crippen LogP contribution is -2.73. The Hall–Kier alpha value is -2.20. The van der Waals surface area contributed by atoms with E-state index in [9.17, 15) is 14.7 Å². The van der Waals surface area contributed by atoms with E-state index in [0.29, 0.717) is 25.0 Å². The second kappa shape index (κ2) is 10.7. The number of methoxy groups -OCH3 is 1. The molecule has 1 unspecified atom stereocenters. The minimum Gasteiger partial charge on any atom is -0.472 e. The summed E-state index contributed by atoms with van der Waals surface area (Å²) in [6.07, 6.45) is 3.83. The number of esters is 2. The maximum atomic E-state index is 13.4. The largest absolute Gasteiger partial charge is 0.472 e. The Balaban J connectivity index is 1.52. The molecule has 9 heteroatoms. The molecular formula is C34H48O9. The fraction of sp³-hybridized carbons (Fsp3) is 0.765. The molecule has 1 aromatic rings. The first kappa shape index (κ1) is 30.8. The molecule has 5 aliphatic rings. The average Bonchev–Trinajstić information content (AvgIpc) is 3.68. The van der Waals surface area contributed by atoms with Crippen LogP contribution in [0.2, 0.25) is 0 Å². The Bertz CT molecular complexity index is 1260. The Morgan fingerprint density at radius 3 is 2.44 bits per heavy atom. The molecule has 3 saturated carbocycles. The topological polar surface area (TPSA) is 114 Å². The van der Waals surface area contributed by atoms with Gasteiger partial charge >= 0.3 is 11.9 Å². The van der Waals surface area contributed by atoms with Gasteiger partial charge in [-0.1, -0.05) is 33.8 Å². The van der Waals surface area contributed by atoms with Gasteiger partial charge in [-0.2, -0.15) is 0 Å². The molecule has 0 aromatic carbocycles. The fourth-order valence-electron chi connectivity index (χ4n) is 10.7. The number of fused-ring (bicyclic) bond motifs is 4. The number of aliphatic hydroxyl groups excluding tert-OH is 1. The minimum atomic E-state index is -0.820. The van der Waals surface area contributed by atoms with E-state index >= 15 is 0 Å². The van der Waals surface area contributed by atoms with Crippen LogP contribution < -0.4 is 0 Å². The lowest BCUT2D eigenvalue weighted by molar-refractivity contribution is -0.274. The molecule has 0 radical (unpaired) electrons. The molecule has 2 aliphatic heterocycles. The third-order valence-corrected chi connectivity index (χ3v) is 12.7. The van der Waals surface area contributed by atoms with E-state index in [1.54, 1.807) is 26.4 Å². The first-order valence-corrected chi connectivity index (χ1v) is 15.8. The molecule has 2 saturated heterocycles. The van der Waals surface area contributed by atoms with Crippen LogP contribution in [0, 0.1) is 39.9 Å². The number of ether oxygens (including phenoxy) is 5. The number of aliphatic hydroxyl groups is 1. The SMILES string of the molecule is CC=C(C)C(=O)O[C@@H]1C[C@@H](OC(C)=O)[C@]2(C)CO[C@@H]3[C@@H](O)[C@@]4(C)C(C[C@H](OC)O[C@@H]5C[C@@H](c6ccoc6)[C@H](C)[C@H]54)[C@]1(C)[C@@H]32. The highest BCUT2D eigenvalue weighted by Gasteiger charge is 2.77. The quantitative estimate of drug-likeness (QED) is 0.368. The minimum absolute atomic E-state index is 0.0272. The summed E-state index contributed by atoms with van der Waals surface area (Å²) in [6, 6.07) is 2.02. The summed E-state index contributed by atoms with van der Waals surface area (Å²) in [4.78, 5) is 25.8. The maximum absolute atomic E-state index is 13.4. The van der Waals surface area contributed by atoms with Crippen LogP contribution >= 0.6 is 0 Å². The van der Waals surface area contributed by atoms with Crippen LogP contribution in [0.1, 0.15) is 79.2 Å². The Kier molecular flexibility index (Phi) is 7.67. The van der Waals surface area contributed by atoms with E-state index in [1.165, 1.54) is 6.92 Å².